The zero-order chi connectivity index (χ0) is 29.3. The van der Waals surface area contributed by atoms with E-state index in [2.05, 4.69) is 49.6 Å². The molecule has 0 spiro atoms. The molecule has 4 aromatic rings. The lowest BCUT2D eigenvalue weighted by molar-refractivity contribution is 0.413. The molecule has 5 rings (SSSR count). The Hall–Kier alpha value is -4.16. The summed E-state index contributed by atoms with van der Waals surface area (Å²) in [5.74, 6) is 1.00. The maximum atomic E-state index is 14.1. The molecule has 0 aromatic heterocycles. The summed E-state index contributed by atoms with van der Waals surface area (Å²) in [6, 6.07) is 22.7. The van der Waals surface area contributed by atoms with Crippen LogP contribution in [0.1, 0.15) is 48.6 Å². The van der Waals surface area contributed by atoms with Gasteiger partial charge in [-0.2, -0.15) is 0 Å². The molecule has 0 unspecified atom stereocenters. The van der Waals surface area contributed by atoms with Crippen LogP contribution in [-0.2, 0) is 6.54 Å². The predicted octanol–water partition coefficient (Wildman–Crippen LogP) is 9.09. The number of hydrogen-bond acceptors (Lipinski definition) is 5. The van der Waals surface area contributed by atoms with E-state index in [-0.39, 0.29) is 11.4 Å². The molecule has 210 valence electrons. The fourth-order valence-electron chi connectivity index (χ4n) is 5.52. The number of allylic oxidation sites excluding steroid dienone is 1. The van der Waals surface area contributed by atoms with Gasteiger partial charge in [0.1, 0.15) is 17.3 Å². The lowest BCUT2D eigenvalue weighted by Crippen LogP contribution is -2.32. The molecule has 2 N–H and O–H groups in total. The summed E-state index contributed by atoms with van der Waals surface area (Å²) in [6.07, 6.45) is 2.25. The molecule has 1 heterocycles. The third kappa shape index (κ3) is 5.98. The van der Waals surface area contributed by atoms with Crippen molar-refractivity contribution in [3.05, 3.63) is 113 Å². The minimum atomic E-state index is -0.270. The second-order valence-corrected chi connectivity index (χ2v) is 11.4. The Bertz CT molecular complexity index is 1680. The van der Waals surface area contributed by atoms with Crippen molar-refractivity contribution in [2.45, 2.75) is 46.7 Å². The lowest BCUT2D eigenvalue weighted by Gasteiger charge is -2.33. The van der Waals surface area contributed by atoms with Crippen molar-refractivity contribution in [2.75, 3.05) is 17.7 Å². The van der Waals surface area contributed by atoms with Gasteiger partial charge in [-0.05, 0) is 105 Å². The highest BCUT2D eigenvalue weighted by atomic mass is 32.1. The van der Waals surface area contributed by atoms with Gasteiger partial charge in [0.25, 0.3) is 0 Å². The van der Waals surface area contributed by atoms with Gasteiger partial charge in [0.15, 0.2) is 5.05 Å². The van der Waals surface area contributed by atoms with E-state index in [9.17, 15) is 4.39 Å². The van der Waals surface area contributed by atoms with Gasteiger partial charge in [-0.15, -0.1) is 0 Å². The molecular weight excluding hydrogens is 531 g/mol. The van der Waals surface area contributed by atoms with E-state index in [1.807, 2.05) is 56.3 Å². The highest BCUT2D eigenvalue weighted by Gasteiger charge is 2.27. The number of aryl methyl sites for hydroxylation is 2. The maximum absolute atomic E-state index is 14.1. The molecular formula is C35H35FN2O2S. The zero-order valence-electron chi connectivity index (χ0n) is 24.3. The third-order valence-corrected chi connectivity index (χ3v) is 7.74. The van der Waals surface area contributed by atoms with Gasteiger partial charge >= 0.3 is 0 Å². The summed E-state index contributed by atoms with van der Waals surface area (Å²) in [6.45, 7) is 10.9. The van der Waals surface area contributed by atoms with Crippen LogP contribution in [0, 0.1) is 19.7 Å². The van der Waals surface area contributed by atoms with E-state index >= 15 is 0 Å². The summed E-state index contributed by atoms with van der Waals surface area (Å²) >= 11 is 5.60. The van der Waals surface area contributed by atoms with Gasteiger partial charge in [0.2, 0.25) is 0 Å². The molecule has 0 aliphatic carbocycles. The van der Waals surface area contributed by atoms with Crippen LogP contribution >= 0.6 is 12.2 Å². The molecule has 1 aliphatic rings. The first-order valence-corrected chi connectivity index (χ1v) is 14.1. The van der Waals surface area contributed by atoms with Crippen LogP contribution in [-0.4, -0.2) is 17.7 Å². The van der Waals surface area contributed by atoms with E-state index < -0.39 is 0 Å². The van der Waals surface area contributed by atoms with E-state index in [1.54, 1.807) is 19.2 Å². The summed E-state index contributed by atoms with van der Waals surface area (Å²) in [4.78, 5) is 0. The second-order valence-electron chi connectivity index (χ2n) is 11.1. The second kappa shape index (κ2) is 11.4. The molecule has 4 aromatic carbocycles. The molecule has 0 radical (unpaired) electrons. The zero-order valence-corrected chi connectivity index (χ0v) is 25.1. The summed E-state index contributed by atoms with van der Waals surface area (Å²) in [7, 11) is 1.66. The predicted molar refractivity (Wildman–Crippen MR) is 172 cm³/mol. The maximum Gasteiger partial charge on any atom is 0.198 e. The highest BCUT2D eigenvalue weighted by molar-refractivity contribution is 7.80. The standard InChI is InChI=1S/C35H35FN2O2S/c1-21-9-7-8-10-26(21)34(41)40-25-13-14-28(32(18-25)39-6)27-15-16-30-33(23(3)19-35(4,5)38-30)29(27)20-37-31-17-24(36)12-11-22(31)2/h7-19,37-38H,20H2,1-6H3. The first kappa shape index (κ1) is 28.4. The largest absolute Gasteiger partial charge is 0.496 e. The number of methoxy groups -OCH3 is 1. The molecule has 0 bridgehead atoms. The molecule has 0 fully saturated rings. The Morgan fingerprint density at radius 3 is 2.44 bits per heavy atom. The van der Waals surface area contributed by atoms with Crippen molar-refractivity contribution in [3.63, 3.8) is 0 Å². The Morgan fingerprint density at radius 1 is 0.927 bits per heavy atom. The van der Waals surface area contributed by atoms with Crippen molar-refractivity contribution >= 4 is 34.2 Å². The number of nitrogens with one attached hydrogen (secondary N) is 2. The number of benzene rings is 4. The SMILES string of the molecule is COc1cc(OC(=S)c2ccccc2C)ccc1-c1ccc2c(c1CNc1cc(F)ccc1C)C(C)=CC(C)(C)N2. The van der Waals surface area contributed by atoms with E-state index in [1.165, 1.54) is 11.6 Å². The monoisotopic (exact) mass is 566 g/mol. The van der Waals surface area contributed by atoms with Gasteiger partial charge in [0.05, 0.1) is 12.6 Å². The number of hydrogen-bond donors (Lipinski definition) is 2. The van der Waals surface area contributed by atoms with Crippen LogP contribution in [0.25, 0.3) is 16.7 Å². The van der Waals surface area contributed by atoms with Crippen molar-refractivity contribution in [2.24, 2.45) is 0 Å². The molecule has 6 heteroatoms. The normalized spacial score (nSPS) is 13.5. The number of halogens is 1. The van der Waals surface area contributed by atoms with Crippen LogP contribution in [0.2, 0.25) is 0 Å². The molecule has 1 aliphatic heterocycles. The minimum absolute atomic E-state index is 0.172. The topological polar surface area (TPSA) is 42.5 Å². The average Bonchev–Trinajstić information content (AvgIpc) is 2.92. The number of thiocarbonyl (C=S) groups is 1. The molecule has 0 saturated carbocycles. The van der Waals surface area contributed by atoms with Crippen LogP contribution < -0.4 is 20.1 Å². The number of fused-ring (bicyclic) bond motifs is 1. The summed E-state index contributed by atoms with van der Waals surface area (Å²) in [5.41, 5.74) is 9.92. The third-order valence-electron chi connectivity index (χ3n) is 7.44. The smallest absolute Gasteiger partial charge is 0.198 e. The summed E-state index contributed by atoms with van der Waals surface area (Å²) in [5, 5.41) is 7.56. The van der Waals surface area contributed by atoms with Gasteiger partial charge < -0.3 is 20.1 Å². The first-order chi connectivity index (χ1) is 19.6. The van der Waals surface area contributed by atoms with Gasteiger partial charge in [-0.25, -0.2) is 4.39 Å². The Balaban J connectivity index is 1.56. The highest BCUT2D eigenvalue weighted by Crippen LogP contribution is 2.43. The Labute approximate surface area is 247 Å². The number of rotatable bonds is 7. The van der Waals surface area contributed by atoms with Crippen LogP contribution in [0.5, 0.6) is 11.5 Å². The van der Waals surface area contributed by atoms with Crippen molar-refractivity contribution < 1.29 is 13.9 Å². The first-order valence-electron chi connectivity index (χ1n) is 13.7. The van der Waals surface area contributed by atoms with Gasteiger partial charge in [-0.1, -0.05) is 42.5 Å². The molecule has 0 amide bonds. The van der Waals surface area contributed by atoms with Crippen molar-refractivity contribution in [3.8, 4) is 22.6 Å². The van der Waals surface area contributed by atoms with Gasteiger partial charge in [-0.3, -0.25) is 0 Å². The summed E-state index contributed by atoms with van der Waals surface area (Å²) < 4.78 is 26.1. The van der Waals surface area contributed by atoms with Crippen LogP contribution in [0.15, 0.2) is 78.9 Å². The molecule has 0 saturated heterocycles. The van der Waals surface area contributed by atoms with E-state index in [0.29, 0.717) is 23.1 Å². The fraction of sp³-hybridized carbons (Fsp3) is 0.229. The van der Waals surface area contributed by atoms with Crippen LogP contribution in [0.3, 0.4) is 0 Å². The lowest BCUT2D eigenvalue weighted by atomic mass is 9.85. The van der Waals surface area contributed by atoms with E-state index in [4.69, 9.17) is 21.7 Å². The van der Waals surface area contributed by atoms with Crippen molar-refractivity contribution in [1.82, 2.24) is 0 Å². The molecule has 4 nitrogen and oxygen atoms in total. The van der Waals surface area contributed by atoms with Crippen LogP contribution in [0.4, 0.5) is 15.8 Å². The van der Waals surface area contributed by atoms with Crippen molar-refractivity contribution in [1.29, 1.82) is 0 Å². The Kier molecular flexibility index (Phi) is 7.87. The van der Waals surface area contributed by atoms with Gasteiger partial charge in [0, 0.05) is 40.7 Å². The van der Waals surface area contributed by atoms with E-state index in [0.717, 1.165) is 50.3 Å². The number of ether oxygens (including phenoxy) is 2. The number of anilines is 2. The Morgan fingerprint density at radius 2 is 1.68 bits per heavy atom. The average molecular weight is 567 g/mol. The fourth-order valence-corrected chi connectivity index (χ4v) is 5.85. The minimum Gasteiger partial charge on any atom is -0.496 e. The molecule has 0 atom stereocenters. The molecule has 41 heavy (non-hydrogen) atoms. The quantitative estimate of drug-likeness (QED) is 0.218.